The summed E-state index contributed by atoms with van der Waals surface area (Å²) in [6.45, 7) is 4.44. The van der Waals surface area contributed by atoms with Crippen molar-refractivity contribution in [3.05, 3.63) is 51.9 Å². The molecule has 1 amide bonds. The van der Waals surface area contributed by atoms with Crippen LogP contribution in [0.1, 0.15) is 11.3 Å². The van der Waals surface area contributed by atoms with Gasteiger partial charge in [0.25, 0.3) is 5.56 Å². The number of carbonyl (C=O) groups is 1. The monoisotopic (exact) mass is 372 g/mol. The quantitative estimate of drug-likeness (QED) is 0.819. The van der Waals surface area contributed by atoms with Gasteiger partial charge < -0.3 is 19.7 Å². The van der Waals surface area contributed by atoms with Crippen molar-refractivity contribution in [1.29, 1.82) is 0 Å². The number of methoxy groups -OCH3 is 1. The number of aryl methyl sites for hydroxylation is 1. The molecule has 144 valence electrons. The van der Waals surface area contributed by atoms with Crippen molar-refractivity contribution < 1.29 is 14.3 Å². The highest BCUT2D eigenvalue weighted by Gasteiger charge is 2.20. The fourth-order valence-corrected chi connectivity index (χ4v) is 2.90. The molecule has 0 radical (unpaired) electrons. The Morgan fingerprint density at radius 3 is 2.63 bits per heavy atom. The molecule has 0 saturated carbocycles. The van der Waals surface area contributed by atoms with E-state index in [0.717, 1.165) is 5.56 Å². The van der Waals surface area contributed by atoms with Crippen LogP contribution in [0.3, 0.4) is 0 Å². The van der Waals surface area contributed by atoms with Gasteiger partial charge in [0.2, 0.25) is 11.9 Å². The van der Waals surface area contributed by atoms with Gasteiger partial charge in [0, 0.05) is 32.0 Å². The van der Waals surface area contributed by atoms with Gasteiger partial charge in [-0.3, -0.25) is 14.2 Å². The standard InChI is InChI=1S/C19H24N4O4/c1-14-3-5-15(6-4-14)20-17(24)12-23-18(25)11-16(13-26-2)21-19(23)22-7-9-27-10-8-22/h3-6,11H,7-10,12-13H2,1-2H3,(H,20,24). The molecular formula is C19H24N4O4. The van der Waals surface area contributed by atoms with Crippen molar-refractivity contribution in [3.63, 3.8) is 0 Å². The first-order valence-electron chi connectivity index (χ1n) is 8.86. The summed E-state index contributed by atoms with van der Waals surface area (Å²) < 4.78 is 11.9. The van der Waals surface area contributed by atoms with Crippen LogP contribution >= 0.6 is 0 Å². The van der Waals surface area contributed by atoms with Crippen LogP contribution < -0.4 is 15.8 Å². The smallest absolute Gasteiger partial charge is 0.255 e. The van der Waals surface area contributed by atoms with Crippen LogP contribution in [-0.2, 0) is 27.4 Å². The fraction of sp³-hybridized carbons (Fsp3) is 0.421. The Morgan fingerprint density at radius 1 is 1.26 bits per heavy atom. The molecule has 1 N–H and O–H groups in total. The van der Waals surface area contributed by atoms with Crippen LogP contribution in [0.25, 0.3) is 0 Å². The van der Waals surface area contributed by atoms with Crippen molar-refractivity contribution in [1.82, 2.24) is 9.55 Å². The Bertz CT molecular complexity index is 842. The Morgan fingerprint density at radius 2 is 1.96 bits per heavy atom. The van der Waals surface area contributed by atoms with Crippen LogP contribution in [-0.4, -0.2) is 48.9 Å². The summed E-state index contributed by atoms with van der Waals surface area (Å²) in [6, 6.07) is 8.91. The average Bonchev–Trinajstić information content (AvgIpc) is 2.66. The number of ether oxygens (including phenoxy) is 2. The van der Waals surface area contributed by atoms with E-state index in [1.54, 1.807) is 7.11 Å². The first-order valence-corrected chi connectivity index (χ1v) is 8.86. The number of anilines is 2. The number of amides is 1. The van der Waals surface area contributed by atoms with Crippen LogP contribution in [0.15, 0.2) is 35.1 Å². The van der Waals surface area contributed by atoms with Gasteiger partial charge in [0.1, 0.15) is 6.54 Å². The molecule has 0 atom stereocenters. The molecule has 8 nitrogen and oxygen atoms in total. The highest BCUT2D eigenvalue weighted by atomic mass is 16.5. The first kappa shape index (κ1) is 19.1. The Labute approximate surface area is 157 Å². The molecule has 3 rings (SSSR count). The van der Waals surface area contributed by atoms with Crippen LogP contribution in [0.4, 0.5) is 11.6 Å². The second kappa shape index (κ2) is 8.79. The Hall–Kier alpha value is -2.71. The topological polar surface area (TPSA) is 85.7 Å². The highest BCUT2D eigenvalue weighted by Crippen LogP contribution is 2.14. The molecule has 1 aliphatic heterocycles. The fourth-order valence-electron chi connectivity index (χ4n) is 2.90. The van der Waals surface area contributed by atoms with Crippen molar-refractivity contribution in [3.8, 4) is 0 Å². The second-order valence-electron chi connectivity index (χ2n) is 6.42. The largest absolute Gasteiger partial charge is 0.378 e. The lowest BCUT2D eigenvalue weighted by Crippen LogP contribution is -2.42. The van der Waals surface area contributed by atoms with Gasteiger partial charge >= 0.3 is 0 Å². The number of nitrogens with zero attached hydrogens (tertiary/aromatic N) is 3. The van der Waals surface area contributed by atoms with E-state index >= 15 is 0 Å². The van der Waals surface area contributed by atoms with Gasteiger partial charge in [-0.15, -0.1) is 0 Å². The highest BCUT2D eigenvalue weighted by molar-refractivity contribution is 5.90. The SMILES string of the molecule is COCc1cc(=O)n(CC(=O)Nc2ccc(C)cc2)c(N2CCOCC2)n1. The summed E-state index contributed by atoms with van der Waals surface area (Å²) in [5.74, 6) is 0.189. The first-order chi connectivity index (χ1) is 13.1. The minimum absolute atomic E-state index is 0.111. The van der Waals surface area contributed by atoms with E-state index in [1.165, 1.54) is 10.6 Å². The lowest BCUT2D eigenvalue weighted by atomic mass is 10.2. The maximum absolute atomic E-state index is 12.6. The minimum atomic E-state index is -0.281. The summed E-state index contributed by atoms with van der Waals surface area (Å²) in [6.07, 6.45) is 0. The summed E-state index contributed by atoms with van der Waals surface area (Å²) >= 11 is 0. The van der Waals surface area contributed by atoms with Gasteiger partial charge in [-0.1, -0.05) is 17.7 Å². The lowest BCUT2D eigenvalue weighted by Gasteiger charge is -2.29. The van der Waals surface area contributed by atoms with E-state index in [4.69, 9.17) is 9.47 Å². The Balaban J connectivity index is 1.84. The summed E-state index contributed by atoms with van der Waals surface area (Å²) in [5, 5.41) is 2.82. The van der Waals surface area contributed by atoms with Crippen molar-refractivity contribution in [2.75, 3.05) is 43.6 Å². The number of hydrogen-bond donors (Lipinski definition) is 1. The van der Waals surface area contributed by atoms with E-state index < -0.39 is 0 Å². The molecule has 1 aliphatic rings. The maximum atomic E-state index is 12.6. The van der Waals surface area contributed by atoms with Crippen molar-refractivity contribution >= 4 is 17.5 Å². The predicted molar refractivity (Wildman–Crippen MR) is 102 cm³/mol. The van der Waals surface area contributed by atoms with Gasteiger partial charge in [0.15, 0.2) is 0 Å². The van der Waals surface area contributed by atoms with Gasteiger partial charge in [-0.25, -0.2) is 4.98 Å². The van der Waals surface area contributed by atoms with Gasteiger partial charge in [-0.05, 0) is 19.1 Å². The molecule has 1 fully saturated rings. The molecule has 27 heavy (non-hydrogen) atoms. The van der Waals surface area contributed by atoms with Gasteiger partial charge in [-0.2, -0.15) is 0 Å². The van der Waals surface area contributed by atoms with E-state index in [2.05, 4.69) is 10.3 Å². The third-order valence-electron chi connectivity index (χ3n) is 4.26. The van der Waals surface area contributed by atoms with Crippen molar-refractivity contribution in [2.24, 2.45) is 0 Å². The summed E-state index contributed by atoms with van der Waals surface area (Å²) in [4.78, 5) is 31.6. The lowest BCUT2D eigenvalue weighted by molar-refractivity contribution is -0.116. The van der Waals surface area contributed by atoms with Crippen LogP contribution in [0.2, 0.25) is 0 Å². The van der Waals surface area contributed by atoms with E-state index in [1.807, 2.05) is 36.1 Å². The number of benzene rings is 1. The number of nitrogens with one attached hydrogen (secondary N) is 1. The molecule has 0 spiro atoms. The molecule has 1 aromatic heterocycles. The molecule has 1 aromatic carbocycles. The third-order valence-corrected chi connectivity index (χ3v) is 4.26. The third kappa shape index (κ3) is 4.93. The molecule has 2 heterocycles. The molecule has 1 saturated heterocycles. The number of hydrogen-bond acceptors (Lipinski definition) is 6. The molecule has 0 bridgehead atoms. The number of carbonyl (C=O) groups excluding carboxylic acids is 1. The number of aromatic nitrogens is 2. The summed E-state index contributed by atoms with van der Waals surface area (Å²) in [7, 11) is 1.55. The molecule has 0 unspecified atom stereocenters. The molecule has 2 aromatic rings. The Kier molecular flexibility index (Phi) is 6.20. The van der Waals surface area contributed by atoms with E-state index in [0.29, 0.717) is 43.6 Å². The normalized spacial score (nSPS) is 14.2. The second-order valence-corrected chi connectivity index (χ2v) is 6.42. The van der Waals surface area contributed by atoms with Crippen molar-refractivity contribution in [2.45, 2.75) is 20.1 Å². The molecule has 8 heteroatoms. The van der Waals surface area contributed by atoms with E-state index in [-0.39, 0.29) is 24.6 Å². The minimum Gasteiger partial charge on any atom is -0.378 e. The predicted octanol–water partition coefficient (Wildman–Crippen LogP) is 1.17. The molecule has 0 aliphatic carbocycles. The average molecular weight is 372 g/mol. The number of morpholine rings is 1. The van der Waals surface area contributed by atoms with Crippen LogP contribution in [0.5, 0.6) is 0 Å². The van der Waals surface area contributed by atoms with E-state index in [9.17, 15) is 9.59 Å². The molecular weight excluding hydrogens is 348 g/mol. The summed E-state index contributed by atoms with van der Waals surface area (Å²) in [5.41, 5.74) is 2.06. The van der Waals surface area contributed by atoms with Crippen LogP contribution in [0, 0.1) is 6.92 Å². The zero-order chi connectivity index (χ0) is 19.2. The number of rotatable bonds is 6. The van der Waals surface area contributed by atoms with Gasteiger partial charge in [0.05, 0.1) is 25.5 Å². The zero-order valence-electron chi connectivity index (χ0n) is 15.6. The zero-order valence-corrected chi connectivity index (χ0v) is 15.6. The maximum Gasteiger partial charge on any atom is 0.255 e.